The number of hydrogen-bond donors (Lipinski definition) is 1. The molecule has 5 nitrogen and oxygen atoms in total. The highest BCUT2D eigenvalue weighted by atomic mass is 16.7. The van der Waals surface area contributed by atoms with Gasteiger partial charge in [-0.15, -0.1) is 0 Å². The molecule has 5 heteroatoms. The van der Waals surface area contributed by atoms with E-state index in [0.717, 1.165) is 11.3 Å². The van der Waals surface area contributed by atoms with Gasteiger partial charge in [-0.1, -0.05) is 6.07 Å². The molecule has 1 aromatic rings. The maximum atomic E-state index is 11.3. The lowest BCUT2D eigenvalue weighted by Crippen LogP contribution is -2.22. The van der Waals surface area contributed by atoms with Gasteiger partial charge in [-0.3, -0.25) is 4.79 Å². The lowest BCUT2D eigenvalue weighted by atomic mass is 10.2. The lowest BCUT2D eigenvalue weighted by molar-refractivity contribution is -0.121. The molecule has 0 fully saturated rings. The minimum absolute atomic E-state index is 0.121. The van der Waals surface area contributed by atoms with Crippen LogP contribution >= 0.6 is 0 Å². The van der Waals surface area contributed by atoms with Crippen LogP contribution in [0.25, 0.3) is 0 Å². The van der Waals surface area contributed by atoms with Crippen molar-refractivity contribution in [3.8, 4) is 17.6 Å². The summed E-state index contributed by atoms with van der Waals surface area (Å²) in [5, 5.41) is 11.1. The summed E-state index contributed by atoms with van der Waals surface area (Å²) in [7, 11) is 0. The zero-order chi connectivity index (χ0) is 12.1. The maximum Gasteiger partial charge on any atom is 0.231 e. The van der Waals surface area contributed by atoms with Gasteiger partial charge >= 0.3 is 0 Å². The van der Waals surface area contributed by atoms with Crippen LogP contribution in [0.2, 0.25) is 0 Å². The van der Waals surface area contributed by atoms with E-state index in [9.17, 15) is 4.79 Å². The molecule has 1 N–H and O–H groups in total. The molecule has 1 heterocycles. The van der Waals surface area contributed by atoms with E-state index in [0.29, 0.717) is 12.3 Å². The second-order valence-electron chi connectivity index (χ2n) is 3.62. The number of hydrogen-bond acceptors (Lipinski definition) is 4. The highest BCUT2D eigenvalue weighted by molar-refractivity contribution is 5.76. The Morgan fingerprint density at radius 3 is 3.06 bits per heavy atom. The minimum atomic E-state index is -0.121. The SMILES string of the molecule is N#CCCC(=O)NCc1ccc2c(c1)OCO2. The molecule has 17 heavy (non-hydrogen) atoms. The Hall–Kier alpha value is -2.22. The normalized spacial score (nSPS) is 11.9. The van der Waals surface area contributed by atoms with Crippen molar-refractivity contribution < 1.29 is 14.3 Å². The van der Waals surface area contributed by atoms with Gasteiger partial charge in [0.2, 0.25) is 12.7 Å². The molecule has 88 valence electrons. The molecule has 1 aromatic carbocycles. The van der Waals surface area contributed by atoms with E-state index in [4.69, 9.17) is 14.7 Å². The van der Waals surface area contributed by atoms with E-state index >= 15 is 0 Å². The van der Waals surface area contributed by atoms with Crippen molar-refractivity contribution in [3.05, 3.63) is 23.8 Å². The lowest BCUT2D eigenvalue weighted by Gasteiger charge is -2.05. The summed E-state index contributed by atoms with van der Waals surface area (Å²) < 4.78 is 10.4. The van der Waals surface area contributed by atoms with Crippen molar-refractivity contribution in [1.29, 1.82) is 5.26 Å². The first-order valence-corrected chi connectivity index (χ1v) is 5.32. The second-order valence-corrected chi connectivity index (χ2v) is 3.62. The Kier molecular flexibility index (Phi) is 3.46. The third-order valence-electron chi connectivity index (χ3n) is 2.39. The van der Waals surface area contributed by atoms with Gasteiger partial charge in [0.25, 0.3) is 0 Å². The highest BCUT2D eigenvalue weighted by Gasteiger charge is 2.13. The van der Waals surface area contributed by atoms with Crippen LogP contribution in [0.3, 0.4) is 0 Å². The quantitative estimate of drug-likeness (QED) is 0.850. The first-order valence-electron chi connectivity index (χ1n) is 5.32. The minimum Gasteiger partial charge on any atom is -0.454 e. The van der Waals surface area contributed by atoms with Gasteiger partial charge in [-0.05, 0) is 17.7 Å². The number of carbonyl (C=O) groups excluding carboxylic acids is 1. The fourth-order valence-electron chi connectivity index (χ4n) is 1.51. The summed E-state index contributed by atoms with van der Waals surface area (Å²) in [5.41, 5.74) is 0.944. The molecule has 0 atom stereocenters. The summed E-state index contributed by atoms with van der Waals surface area (Å²) in [4.78, 5) is 11.3. The van der Waals surface area contributed by atoms with Crippen molar-refractivity contribution in [2.75, 3.05) is 6.79 Å². The molecule has 2 rings (SSSR count). The fourth-order valence-corrected chi connectivity index (χ4v) is 1.51. The Bertz CT molecular complexity index is 465. The van der Waals surface area contributed by atoms with Crippen LogP contribution in [-0.4, -0.2) is 12.7 Å². The number of ether oxygens (including phenoxy) is 2. The van der Waals surface area contributed by atoms with Gasteiger partial charge in [0.1, 0.15) is 0 Å². The molecule has 0 radical (unpaired) electrons. The van der Waals surface area contributed by atoms with Gasteiger partial charge in [0, 0.05) is 19.4 Å². The van der Waals surface area contributed by atoms with Crippen molar-refractivity contribution in [3.63, 3.8) is 0 Å². The molecular weight excluding hydrogens is 220 g/mol. The van der Waals surface area contributed by atoms with E-state index in [1.165, 1.54) is 0 Å². The Labute approximate surface area is 98.9 Å². The summed E-state index contributed by atoms with van der Waals surface area (Å²) in [5.74, 6) is 1.31. The summed E-state index contributed by atoms with van der Waals surface area (Å²) in [6.07, 6.45) is 0.480. The third-order valence-corrected chi connectivity index (χ3v) is 2.39. The molecular formula is C12H12N2O3. The molecule has 1 aliphatic rings. The van der Waals surface area contributed by atoms with Gasteiger partial charge in [-0.25, -0.2) is 0 Å². The van der Waals surface area contributed by atoms with Crippen LogP contribution in [0.5, 0.6) is 11.5 Å². The van der Waals surface area contributed by atoms with Crippen molar-refractivity contribution in [2.45, 2.75) is 19.4 Å². The zero-order valence-corrected chi connectivity index (χ0v) is 9.23. The molecule has 0 saturated heterocycles. The van der Waals surface area contributed by atoms with Crippen molar-refractivity contribution in [2.24, 2.45) is 0 Å². The topological polar surface area (TPSA) is 71.4 Å². The van der Waals surface area contributed by atoms with Gasteiger partial charge in [-0.2, -0.15) is 5.26 Å². The van der Waals surface area contributed by atoms with Gasteiger partial charge in [0.05, 0.1) is 6.07 Å². The molecule has 0 aromatic heterocycles. The van der Waals surface area contributed by atoms with Crippen LogP contribution in [0.15, 0.2) is 18.2 Å². The number of amides is 1. The smallest absolute Gasteiger partial charge is 0.231 e. The molecule has 1 aliphatic heterocycles. The third kappa shape index (κ3) is 2.88. The van der Waals surface area contributed by atoms with Crippen LogP contribution in [0.1, 0.15) is 18.4 Å². The van der Waals surface area contributed by atoms with E-state index in [-0.39, 0.29) is 25.5 Å². The van der Waals surface area contributed by atoms with E-state index in [1.54, 1.807) is 0 Å². The summed E-state index contributed by atoms with van der Waals surface area (Å²) in [6.45, 7) is 0.675. The number of benzene rings is 1. The van der Waals surface area contributed by atoms with Crippen molar-refractivity contribution in [1.82, 2.24) is 5.32 Å². The maximum absolute atomic E-state index is 11.3. The first kappa shape index (κ1) is 11.3. The van der Waals surface area contributed by atoms with Crippen LogP contribution < -0.4 is 14.8 Å². The number of nitriles is 1. The van der Waals surface area contributed by atoms with Crippen LogP contribution in [-0.2, 0) is 11.3 Å². The number of nitrogens with one attached hydrogen (secondary N) is 1. The predicted octanol–water partition coefficient (Wildman–Crippen LogP) is 1.34. The van der Waals surface area contributed by atoms with Crippen LogP contribution in [0, 0.1) is 11.3 Å². The van der Waals surface area contributed by atoms with E-state index < -0.39 is 0 Å². The molecule has 1 amide bonds. The van der Waals surface area contributed by atoms with Gasteiger partial charge in [0.15, 0.2) is 11.5 Å². The average molecular weight is 232 g/mol. The largest absolute Gasteiger partial charge is 0.454 e. The Morgan fingerprint density at radius 2 is 2.24 bits per heavy atom. The summed E-state index contributed by atoms with van der Waals surface area (Å²) in [6, 6.07) is 7.47. The molecule has 0 aliphatic carbocycles. The average Bonchev–Trinajstić information content (AvgIpc) is 2.81. The first-order chi connectivity index (χ1) is 8.29. The van der Waals surface area contributed by atoms with Crippen molar-refractivity contribution >= 4 is 5.91 Å². The standard InChI is InChI=1S/C12H12N2O3/c13-5-1-2-12(15)14-7-9-3-4-10-11(6-9)17-8-16-10/h3-4,6H,1-2,7-8H2,(H,14,15). The number of carbonyl (C=O) groups is 1. The highest BCUT2D eigenvalue weighted by Crippen LogP contribution is 2.32. The zero-order valence-electron chi connectivity index (χ0n) is 9.23. The monoisotopic (exact) mass is 232 g/mol. The Morgan fingerprint density at radius 1 is 1.41 bits per heavy atom. The molecule has 0 spiro atoms. The summed E-state index contributed by atoms with van der Waals surface area (Å²) >= 11 is 0. The molecule has 0 bridgehead atoms. The molecule has 0 unspecified atom stereocenters. The van der Waals surface area contributed by atoms with Gasteiger partial charge < -0.3 is 14.8 Å². The van der Waals surface area contributed by atoms with E-state index in [2.05, 4.69) is 5.32 Å². The number of fused-ring (bicyclic) bond motifs is 1. The number of rotatable bonds is 4. The van der Waals surface area contributed by atoms with E-state index in [1.807, 2.05) is 24.3 Å². The second kappa shape index (κ2) is 5.21. The predicted molar refractivity (Wildman–Crippen MR) is 59.3 cm³/mol. The fraction of sp³-hybridized carbons (Fsp3) is 0.333. The number of nitrogens with zero attached hydrogens (tertiary/aromatic N) is 1. The molecule has 0 saturated carbocycles. The Balaban J connectivity index is 1.87. The van der Waals surface area contributed by atoms with Crippen LogP contribution in [0.4, 0.5) is 0 Å².